The molecule has 0 bridgehead atoms. The molecular weight excluding hydrogens is 308 g/mol. The second-order valence-corrected chi connectivity index (χ2v) is 7.37. The first kappa shape index (κ1) is 14.1. The monoisotopic (exact) mass is 320 g/mol. The van der Waals surface area contributed by atoms with E-state index in [2.05, 4.69) is 4.98 Å². The molecule has 0 saturated carbocycles. The van der Waals surface area contributed by atoms with Crippen LogP contribution in [0.5, 0.6) is 0 Å². The number of hydrogen-bond acceptors (Lipinski definition) is 3. The Morgan fingerprint density at radius 1 is 1.14 bits per heavy atom. The minimum atomic E-state index is -3.21. The number of halogens is 1. The number of imidazole rings is 1. The number of sulfone groups is 1. The minimum absolute atomic E-state index is 0.284. The van der Waals surface area contributed by atoms with E-state index in [0.29, 0.717) is 17.1 Å². The van der Waals surface area contributed by atoms with Gasteiger partial charge in [0, 0.05) is 17.8 Å². The van der Waals surface area contributed by atoms with Crippen molar-refractivity contribution in [3.63, 3.8) is 0 Å². The molecule has 4 nitrogen and oxygen atoms in total. The number of hydrogen-bond donors (Lipinski definition) is 0. The molecule has 0 aliphatic carbocycles. The Labute approximate surface area is 127 Å². The molecular formula is C15H13ClN2O2S. The summed E-state index contributed by atoms with van der Waals surface area (Å²) in [4.78, 5) is 4.56. The average Bonchev–Trinajstić information content (AvgIpc) is 2.83. The van der Waals surface area contributed by atoms with Gasteiger partial charge in [-0.25, -0.2) is 13.4 Å². The maximum atomic E-state index is 11.6. The highest BCUT2D eigenvalue weighted by Gasteiger charge is 2.10. The number of fused-ring (bicyclic) bond motifs is 1. The van der Waals surface area contributed by atoms with Crippen molar-refractivity contribution in [3.8, 4) is 0 Å². The first-order valence-corrected chi connectivity index (χ1v) is 8.60. The number of rotatable bonds is 3. The lowest BCUT2D eigenvalue weighted by Gasteiger charge is -2.05. The van der Waals surface area contributed by atoms with Crippen LogP contribution in [0, 0.1) is 0 Å². The first-order chi connectivity index (χ1) is 9.93. The summed E-state index contributed by atoms with van der Waals surface area (Å²) in [5.74, 6) is 0. The van der Waals surface area contributed by atoms with Crippen LogP contribution in [-0.4, -0.2) is 24.2 Å². The summed E-state index contributed by atoms with van der Waals surface area (Å²) in [6.07, 6.45) is 2.91. The maximum absolute atomic E-state index is 11.6. The molecule has 0 atom stereocenters. The van der Waals surface area contributed by atoms with Gasteiger partial charge in [-0.1, -0.05) is 23.7 Å². The number of aromatic nitrogens is 2. The predicted molar refractivity (Wildman–Crippen MR) is 83.4 cm³/mol. The van der Waals surface area contributed by atoms with Crippen molar-refractivity contribution < 1.29 is 8.42 Å². The molecule has 6 heteroatoms. The Bertz CT molecular complexity index is 899. The standard InChI is InChI=1S/C15H13ClN2O2S/c1-21(19,20)13-6-7-15-14(8-13)17-10-18(15)9-11-2-4-12(16)5-3-11/h2-8,10H,9H2,1H3. The van der Waals surface area contributed by atoms with Crippen LogP contribution in [0.1, 0.15) is 5.56 Å². The van der Waals surface area contributed by atoms with E-state index < -0.39 is 9.84 Å². The van der Waals surface area contributed by atoms with Gasteiger partial charge in [0.05, 0.1) is 22.3 Å². The van der Waals surface area contributed by atoms with Crippen LogP contribution in [0.4, 0.5) is 0 Å². The van der Waals surface area contributed by atoms with E-state index in [1.54, 1.807) is 24.5 Å². The van der Waals surface area contributed by atoms with Crippen LogP contribution >= 0.6 is 11.6 Å². The van der Waals surface area contributed by atoms with Crippen LogP contribution in [0.3, 0.4) is 0 Å². The van der Waals surface area contributed by atoms with Gasteiger partial charge >= 0.3 is 0 Å². The highest BCUT2D eigenvalue weighted by Crippen LogP contribution is 2.19. The van der Waals surface area contributed by atoms with Gasteiger partial charge in [-0.3, -0.25) is 0 Å². The lowest BCUT2D eigenvalue weighted by molar-refractivity contribution is 0.602. The molecule has 0 aliphatic rings. The van der Waals surface area contributed by atoms with E-state index in [4.69, 9.17) is 11.6 Å². The second-order valence-electron chi connectivity index (χ2n) is 4.92. The van der Waals surface area contributed by atoms with E-state index in [0.717, 1.165) is 11.1 Å². The molecule has 108 valence electrons. The Morgan fingerprint density at radius 2 is 1.86 bits per heavy atom. The molecule has 0 spiro atoms. The molecule has 0 N–H and O–H groups in total. The smallest absolute Gasteiger partial charge is 0.175 e. The average molecular weight is 321 g/mol. The third-order valence-electron chi connectivity index (χ3n) is 3.29. The van der Waals surface area contributed by atoms with E-state index in [1.807, 2.05) is 28.8 Å². The Hall–Kier alpha value is -1.85. The zero-order valence-corrected chi connectivity index (χ0v) is 12.9. The molecule has 0 fully saturated rings. The maximum Gasteiger partial charge on any atom is 0.175 e. The first-order valence-electron chi connectivity index (χ1n) is 6.33. The zero-order valence-electron chi connectivity index (χ0n) is 11.3. The summed E-state index contributed by atoms with van der Waals surface area (Å²) in [5.41, 5.74) is 2.68. The lowest BCUT2D eigenvalue weighted by atomic mass is 10.2. The topological polar surface area (TPSA) is 52.0 Å². The van der Waals surface area contributed by atoms with Crippen LogP contribution in [0.2, 0.25) is 5.02 Å². The van der Waals surface area contributed by atoms with Crippen molar-refractivity contribution >= 4 is 32.5 Å². The summed E-state index contributed by atoms with van der Waals surface area (Å²) in [6, 6.07) is 12.6. The highest BCUT2D eigenvalue weighted by molar-refractivity contribution is 7.90. The van der Waals surface area contributed by atoms with Crippen molar-refractivity contribution in [3.05, 3.63) is 59.4 Å². The summed E-state index contributed by atoms with van der Waals surface area (Å²) >= 11 is 5.87. The number of benzene rings is 2. The van der Waals surface area contributed by atoms with Gasteiger partial charge in [0.1, 0.15) is 0 Å². The summed E-state index contributed by atoms with van der Waals surface area (Å²) in [6.45, 7) is 0.659. The summed E-state index contributed by atoms with van der Waals surface area (Å²) < 4.78 is 25.1. The van der Waals surface area contributed by atoms with Crippen molar-refractivity contribution in [2.45, 2.75) is 11.4 Å². The second kappa shape index (κ2) is 5.16. The molecule has 3 aromatic rings. The van der Waals surface area contributed by atoms with Gasteiger partial charge in [0.2, 0.25) is 0 Å². The molecule has 0 unspecified atom stereocenters. The molecule has 2 aromatic carbocycles. The van der Waals surface area contributed by atoms with Crippen LogP contribution < -0.4 is 0 Å². The third-order valence-corrected chi connectivity index (χ3v) is 4.65. The van der Waals surface area contributed by atoms with Gasteiger partial charge in [-0.05, 0) is 35.9 Å². The molecule has 0 saturated heterocycles. The molecule has 0 radical (unpaired) electrons. The molecule has 0 aliphatic heterocycles. The van der Waals surface area contributed by atoms with Crippen molar-refractivity contribution in [1.82, 2.24) is 9.55 Å². The normalized spacial score (nSPS) is 11.9. The van der Waals surface area contributed by atoms with Crippen molar-refractivity contribution in [1.29, 1.82) is 0 Å². The fourth-order valence-electron chi connectivity index (χ4n) is 2.19. The van der Waals surface area contributed by atoms with Gasteiger partial charge < -0.3 is 4.57 Å². The molecule has 21 heavy (non-hydrogen) atoms. The largest absolute Gasteiger partial charge is 0.326 e. The fourth-order valence-corrected chi connectivity index (χ4v) is 2.95. The predicted octanol–water partition coefficient (Wildman–Crippen LogP) is 3.14. The molecule has 0 amide bonds. The van der Waals surface area contributed by atoms with Gasteiger partial charge in [-0.15, -0.1) is 0 Å². The summed E-state index contributed by atoms with van der Waals surface area (Å²) in [5, 5.41) is 0.701. The van der Waals surface area contributed by atoms with Gasteiger partial charge in [-0.2, -0.15) is 0 Å². The third kappa shape index (κ3) is 2.94. The molecule has 1 heterocycles. The van der Waals surface area contributed by atoms with E-state index in [-0.39, 0.29) is 4.90 Å². The van der Waals surface area contributed by atoms with Crippen LogP contribution in [-0.2, 0) is 16.4 Å². The Kier molecular flexibility index (Phi) is 3.47. The molecule has 3 rings (SSSR count). The van der Waals surface area contributed by atoms with Crippen LogP contribution in [0.25, 0.3) is 11.0 Å². The van der Waals surface area contributed by atoms with Crippen LogP contribution in [0.15, 0.2) is 53.7 Å². The minimum Gasteiger partial charge on any atom is -0.326 e. The van der Waals surface area contributed by atoms with Crippen molar-refractivity contribution in [2.75, 3.05) is 6.26 Å². The SMILES string of the molecule is CS(=O)(=O)c1ccc2c(c1)ncn2Cc1ccc(Cl)cc1. The van der Waals surface area contributed by atoms with E-state index >= 15 is 0 Å². The summed E-state index contributed by atoms with van der Waals surface area (Å²) in [7, 11) is -3.21. The Balaban J connectivity index is 1.99. The zero-order chi connectivity index (χ0) is 15.0. The fraction of sp³-hybridized carbons (Fsp3) is 0.133. The lowest BCUT2D eigenvalue weighted by Crippen LogP contribution is -1.99. The van der Waals surface area contributed by atoms with E-state index in [9.17, 15) is 8.42 Å². The quantitative estimate of drug-likeness (QED) is 0.745. The van der Waals surface area contributed by atoms with Gasteiger partial charge in [0.25, 0.3) is 0 Å². The van der Waals surface area contributed by atoms with Crippen molar-refractivity contribution in [2.24, 2.45) is 0 Å². The highest BCUT2D eigenvalue weighted by atomic mass is 35.5. The molecule has 1 aromatic heterocycles. The van der Waals surface area contributed by atoms with E-state index in [1.165, 1.54) is 6.26 Å². The Morgan fingerprint density at radius 3 is 2.52 bits per heavy atom. The number of nitrogens with zero attached hydrogens (tertiary/aromatic N) is 2. The van der Waals surface area contributed by atoms with Gasteiger partial charge in [0.15, 0.2) is 9.84 Å².